The normalized spacial score (nSPS) is 10.9. The van der Waals surface area contributed by atoms with Gasteiger partial charge in [0.15, 0.2) is 0 Å². The second-order valence-electron chi connectivity index (χ2n) is 5.61. The third kappa shape index (κ3) is 3.41. The first-order valence-corrected chi connectivity index (χ1v) is 7.85. The molecule has 3 rings (SSSR count). The van der Waals surface area contributed by atoms with Crippen molar-refractivity contribution in [3.8, 4) is 0 Å². The van der Waals surface area contributed by atoms with Crippen molar-refractivity contribution < 1.29 is 0 Å². The van der Waals surface area contributed by atoms with Gasteiger partial charge < -0.3 is 5.32 Å². The lowest BCUT2D eigenvalue weighted by atomic mass is 10.1. The molecule has 0 aliphatic heterocycles. The topological polar surface area (TPSA) is 60.6 Å². The largest absolute Gasteiger partial charge is 0.381 e. The molecule has 2 heterocycles. The highest BCUT2D eigenvalue weighted by Gasteiger charge is 2.10. The van der Waals surface area contributed by atoms with Crippen LogP contribution in [0.25, 0.3) is 0 Å². The van der Waals surface area contributed by atoms with E-state index in [2.05, 4.69) is 65.5 Å². The van der Waals surface area contributed by atoms with Gasteiger partial charge in [-0.05, 0) is 38.5 Å². The number of hydrogen-bond donors (Lipinski definition) is 1. The Hall–Kier alpha value is -2.63. The van der Waals surface area contributed by atoms with E-state index in [1.807, 2.05) is 9.36 Å². The molecular weight excluding hydrogens is 288 g/mol. The number of nitrogens with one attached hydrogen (secondary N) is 1. The van der Waals surface area contributed by atoms with E-state index >= 15 is 0 Å². The van der Waals surface area contributed by atoms with Crippen LogP contribution in [0.3, 0.4) is 0 Å². The standard InChI is InChI=1S/C17H22N6/c1-4-23-14(3)17(13(2)21-23)9-19-16-7-5-15(6-8-16)10-22-12-18-11-20-22/h5-8,11-12,19H,4,9-10H2,1-3H3. The molecule has 0 spiro atoms. The number of nitrogens with zero attached hydrogens (tertiary/aromatic N) is 5. The van der Waals surface area contributed by atoms with Gasteiger partial charge in [0, 0.05) is 30.0 Å². The van der Waals surface area contributed by atoms with Gasteiger partial charge in [-0.1, -0.05) is 12.1 Å². The monoisotopic (exact) mass is 310 g/mol. The quantitative estimate of drug-likeness (QED) is 0.760. The first-order valence-electron chi connectivity index (χ1n) is 7.85. The molecule has 0 radical (unpaired) electrons. The fourth-order valence-corrected chi connectivity index (χ4v) is 2.72. The molecule has 0 bridgehead atoms. The molecule has 0 saturated heterocycles. The Morgan fingerprint density at radius 3 is 2.52 bits per heavy atom. The molecule has 0 atom stereocenters. The molecule has 2 aromatic heterocycles. The average molecular weight is 310 g/mol. The lowest BCUT2D eigenvalue weighted by molar-refractivity contribution is 0.633. The maximum atomic E-state index is 4.56. The highest BCUT2D eigenvalue weighted by atomic mass is 15.3. The minimum atomic E-state index is 0.738. The maximum Gasteiger partial charge on any atom is 0.137 e. The zero-order chi connectivity index (χ0) is 16.2. The van der Waals surface area contributed by atoms with Crippen LogP contribution in [-0.4, -0.2) is 24.5 Å². The Morgan fingerprint density at radius 1 is 1.13 bits per heavy atom. The molecule has 3 aromatic rings. The van der Waals surface area contributed by atoms with Gasteiger partial charge >= 0.3 is 0 Å². The zero-order valence-corrected chi connectivity index (χ0v) is 13.8. The molecule has 0 amide bonds. The summed E-state index contributed by atoms with van der Waals surface area (Å²) in [7, 11) is 0. The van der Waals surface area contributed by atoms with Gasteiger partial charge in [0.25, 0.3) is 0 Å². The third-order valence-electron chi connectivity index (χ3n) is 4.07. The zero-order valence-electron chi connectivity index (χ0n) is 13.8. The lowest BCUT2D eigenvalue weighted by Gasteiger charge is -2.08. The minimum Gasteiger partial charge on any atom is -0.381 e. The fraction of sp³-hybridized carbons (Fsp3) is 0.353. The molecule has 1 aromatic carbocycles. The van der Waals surface area contributed by atoms with Crippen molar-refractivity contribution in [2.75, 3.05) is 5.32 Å². The Balaban J connectivity index is 1.64. The summed E-state index contributed by atoms with van der Waals surface area (Å²) in [5, 5.41) is 12.2. The van der Waals surface area contributed by atoms with Crippen LogP contribution in [-0.2, 0) is 19.6 Å². The SMILES string of the molecule is CCn1nc(C)c(CNc2ccc(Cn3cncn3)cc2)c1C. The number of anilines is 1. The maximum absolute atomic E-state index is 4.56. The molecule has 0 fully saturated rings. The van der Waals surface area contributed by atoms with Crippen molar-refractivity contribution in [3.05, 3.63) is 59.4 Å². The van der Waals surface area contributed by atoms with Crippen LogP contribution < -0.4 is 5.32 Å². The van der Waals surface area contributed by atoms with Crippen LogP contribution in [0, 0.1) is 13.8 Å². The predicted octanol–water partition coefficient (Wildman–Crippen LogP) is 2.77. The summed E-state index contributed by atoms with van der Waals surface area (Å²) in [6.07, 6.45) is 3.28. The molecule has 0 unspecified atom stereocenters. The van der Waals surface area contributed by atoms with Gasteiger partial charge in [-0.2, -0.15) is 10.2 Å². The van der Waals surface area contributed by atoms with E-state index in [1.54, 1.807) is 12.7 Å². The van der Waals surface area contributed by atoms with E-state index in [0.717, 1.165) is 31.0 Å². The van der Waals surface area contributed by atoms with Gasteiger partial charge in [0.2, 0.25) is 0 Å². The van der Waals surface area contributed by atoms with E-state index in [4.69, 9.17) is 0 Å². The molecular formula is C17H22N6. The number of rotatable bonds is 6. The average Bonchev–Trinajstić information content (AvgIpc) is 3.15. The second kappa shape index (κ2) is 6.64. The summed E-state index contributed by atoms with van der Waals surface area (Å²) in [6.45, 7) is 8.75. The molecule has 6 nitrogen and oxygen atoms in total. The van der Waals surface area contributed by atoms with Gasteiger partial charge in [0.05, 0.1) is 12.2 Å². The number of aromatic nitrogens is 5. The van der Waals surface area contributed by atoms with Crippen LogP contribution in [0.1, 0.15) is 29.4 Å². The van der Waals surface area contributed by atoms with E-state index in [9.17, 15) is 0 Å². The molecule has 23 heavy (non-hydrogen) atoms. The summed E-state index contributed by atoms with van der Waals surface area (Å²) in [5.74, 6) is 0. The van der Waals surface area contributed by atoms with Gasteiger partial charge in [-0.25, -0.2) is 9.67 Å². The van der Waals surface area contributed by atoms with Crippen molar-refractivity contribution in [1.82, 2.24) is 24.5 Å². The first kappa shape index (κ1) is 15.3. The Bertz CT molecular complexity index is 755. The summed E-state index contributed by atoms with van der Waals surface area (Å²) < 4.78 is 3.86. The smallest absolute Gasteiger partial charge is 0.137 e. The van der Waals surface area contributed by atoms with Crippen molar-refractivity contribution in [3.63, 3.8) is 0 Å². The van der Waals surface area contributed by atoms with E-state index in [-0.39, 0.29) is 0 Å². The predicted molar refractivity (Wildman–Crippen MR) is 90.3 cm³/mol. The van der Waals surface area contributed by atoms with E-state index in [0.29, 0.717) is 0 Å². The molecule has 0 aliphatic carbocycles. The third-order valence-corrected chi connectivity index (χ3v) is 4.07. The van der Waals surface area contributed by atoms with Crippen LogP contribution in [0.4, 0.5) is 5.69 Å². The first-order chi connectivity index (χ1) is 11.2. The molecule has 1 N–H and O–H groups in total. The van der Waals surface area contributed by atoms with Crippen molar-refractivity contribution in [2.24, 2.45) is 0 Å². The van der Waals surface area contributed by atoms with Crippen molar-refractivity contribution in [2.45, 2.75) is 40.4 Å². The highest BCUT2D eigenvalue weighted by molar-refractivity contribution is 5.45. The summed E-state index contributed by atoms with van der Waals surface area (Å²) in [6, 6.07) is 8.42. The van der Waals surface area contributed by atoms with Crippen LogP contribution in [0.15, 0.2) is 36.9 Å². The Kier molecular flexibility index (Phi) is 4.41. The summed E-state index contributed by atoms with van der Waals surface area (Å²) in [4.78, 5) is 3.96. The van der Waals surface area contributed by atoms with E-state index < -0.39 is 0 Å². The van der Waals surface area contributed by atoms with Crippen molar-refractivity contribution >= 4 is 5.69 Å². The number of benzene rings is 1. The summed E-state index contributed by atoms with van der Waals surface area (Å²) in [5.41, 5.74) is 5.92. The lowest BCUT2D eigenvalue weighted by Crippen LogP contribution is -2.04. The van der Waals surface area contributed by atoms with Gasteiger partial charge in [0.1, 0.15) is 12.7 Å². The fourth-order valence-electron chi connectivity index (χ4n) is 2.72. The molecule has 0 saturated carbocycles. The van der Waals surface area contributed by atoms with Crippen molar-refractivity contribution in [1.29, 1.82) is 0 Å². The second-order valence-corrected chi connectivity index (χ2v) is 5.61. The Labute approximate surface area is 136 Å². The number of aryl methyl sites for hydroxylation is 2. The van der Waals surface area contributed by atoms with Gasteiger partial charge in [-0.15, -0.1) is 0 Å². The number of hydrogen-bond acceptors (Lipinski definition) is 4. The summed E-state index contributed by atoms with van der Waals surface area (Å²) >= 11 is 0. The van der Waals surface area contributed by atoms with Crippen LogP contribution in [0.5, 0.6) is 0 Å². The molecule has 0 aliphatic rings. The molecule has 120 valence electrons. The van der Waals surface area contributed by atoms with E-state index in [1.165, 1.54) is 16.8 Å². The highest BCUT2D eigenvalue weighted by Crippen LogP contribution is 2.16. The van der Waals surface area contributed by atoms with Crippen LogP contribution >= 0.6 is 0 Å². The minimum absolute atomic E-state index is 0.738. The van der Waals surface area contributed by atoms with Crippen LogP contribution in [0.2, 0.25) is 0 Å². The molecule has 6 heteroatoms. The Morgan fingerprint density at radius 2 is 1.91 bits per heavy atom. The van der Waals surface area contributed by atoms with Gasteiger partial charge in [-0.3, -0.25) is 4.68 Å².